The van der Waals surface area contributed by atoms with Gasteiger partial charge < -0.3 is 9.84 Å². The lowest BCUT2D eigenvalue weighted by atomic mass is 10.1. The largest absolute Gasteiger partial charge is 0.508 e. The number of phenolic OH excluding ortho intramolecular Hbond substituents is 1. The Morgan fingerprint density at radius 1 is 1.13 bits per heavy atom. The molecule has 4 rings (SSSR count). The Hall–Kier alpha value is -3.60. The fourth-order valence-electron chi connectivity index (χ4n) is 3.87. The molecule has 12 nitrogen and oxygen atoms in total. The zero-order valence-electron chi connectivity index (χ0n) is 20.6. The van der Waals surface area contributed by atoms with Crippen LogP contribution >= 0.6 is 11.8 Å². The molecule has 3 aromatic rings. The quantitative estimate of drug-likeness (QED) is 0.158. The van der Waals surface area contributed by atoms with Crippen molar-refractivity contribution >= 4 is 33.5 Å². The van der Waals surface area contributed by atoms with Crippen LogP contribution in [-0.4, -0.2) is 70.9 Å². The predicted octanol–water partition coefficient (Wildman–Crippen LogP) is 3.14. The van der Waals surface area contributed by atoms with E-state index in [0.29, 0.717) is 18.7 Å². The molecule has 1 aliphatic rings. The fourth-order valence-corrected chi connectivity index (χ4v) is 5.84. The third kappa shape index (κ3) is 7.08. The van der Waals surface area contributed by atoms with Gasteiger partial charge in [-0.05, 0) is 18.2 Å². The van der Waals surface area contributed by atoms with Crippen LogP contribution in [0, 0.1) is 21.7 Å². The number of thioether (sulfide) groups is 1. The minimum Gasteiger partial charge on any atom is -0.508 e. The number of aromatic nitrogens is 2. The number of ether oxygens (including phenoxy) is 1. The van der Waals surface area contributed by atoms with Crippen molar-refractivity contribution < 1.29 is 32.0 Å². The van der Waals surface area contributed by atoms with E-state index in [9.17, 15) is 32.4 Å². The number of rotatable bonds is 10. The van der Waals surface area contributed by atoms with Crippen LogP contribution in [0.5, 0.6) is 11.6 Å². The van der Waals surface area contributed by atoms with Crippen molar-refractivity contribution in [1.29, 1.82) is 0 Å². The second-order valence-corrected chi connectivity index (χ2v) is 11.0. The van der Waals surface area contributed by atoms with E-state index in [1.165, 1.54) is 47.8 Å². The van der Waals surface area contributed by atoms with Crippen molar-refractivity contribution in [2.24, 2.45) is 0 Å². The number of methoxy groups -OCH3 is 1. The van der Waals surface area contributed by atoms with Crippen molar-refractivity contribution in [3.63, 3.8) is 0 Å². The zero-order chi connectivity index (χ0) is 28.2. The molecule has 0 amide bonds. The highest BCUT2D eigenvalue weighted by Gasteiger charge is 2.29. The van der Waals surface area contributed by atoms with Gasteiger partial charge in [0.05, 0.1) is 12.0 Å². The average Bonchev–Trinajstić information content (AvgIpc) is 2.89. The molecule has 2 heterocycles. The van der Waals surface area contributed by atoms with Crippen LogP contribution in [0.15, 0.2) is 47.6 Å². The molecule has 39 heavy (non-hydrogen) atoms. The first-order valence-corrected chi connectivity index (χ1v) is 13.9. The van der Waals surface area contributed by atoms with Crippen LogP contribution in [0.25, 0.3) is 0 Å². The summed E-state index contributed by atoms with van der Waals surface area (Å²) in [5.41, 5.74) is 0.296. The highest BCUT2D eigenvalue weighted by molar-refractivity contribution is 7.98. The van der Waals surface area contributed by atoms with Gasteiger partial charge in [-0.3, -0.25) is 19.7 Å². The number of benzene rings is 2. The standard InChI is InChI=1S/C23H24F2N6O6S2/c1-37-21-12-20(26-23(27-21)38-14-15-3-2-4-18(24)22(15)25)28-39(35,36)30-9-7-29(8-10-30)13-16-11-17(32)5-6-19(16)31(33)34/h2-6,11-12,32H,7-10,13-14H2,1H3,(H,26,27,28). The van der Waals surface area contributed by atoms with Gasteiger partial charge in [0.25, 0.3) is 5.69 Å². The minimum atomic E-state index is -4.04. The molecule has 208 valence electrons. The number of anilines is 1. The summed E-state index contributed by atoms with van der Waals surface area (Å²) in [5.74, 6) is -2.05. The van der Waals surface area contributed by atoms with Gasteiger partial charge >= 0.3 is 10.2 Å². The summed E-state index contributed by atoms with van der Waals surface area (Å²) in [7, 11) is -2.69. The van der Waals surface area contributed by atoms with Crippen LogP contribution in [0.2, 0.25) is 0 Å². The van der Waals surface area contributed by atoms with Crippen LogP contribution in [0.3, 0.4) is 0 Å². The molecule has 2 N–H and O–H groups in total. The van der Waals surface area contributed by atoms with Gasteiger partial charge in [-0.25, -0.2) is 13.8 Å². The van der Waals surface area contributed by atoms with Crippen molar-refractivity contribution in [3.8, 4) is 11.6 Å². The number of hydrogen-bond acceptors (Lipinski definition) is 10. The van der Waals surface area contributed by atoms with Gasteiger partial charge in [0.15, 0.2) is 16.8 Å². The van der Waals surface area contributed by atoms with Crippen molar-refractivity contribution in [2.45, 2.75) is 17.5 Å². The zero-order valence-corrected chi connectivity index (χ0v) is 22.2. The smallest absolute Gasteiger partial charge is 0.302 e. The highest BCUT2D eigenvalue weighted by Crippen LogP contribution is 2.27. The summed E-state index contributed by atoms with van der Waals surface area (Å²) in [4.78, 5) is 20.9. The molecule has 0 unspecified atom stereocenters. The summed E-state index contributed by atoms with van der Waals surface area (Å²) in [5, 5.41) is 21.1. The number of nitro benzene ring substituents is 1. The number of phenols is 1. The molecule has 0 atom stereocenters. The highest BCUT2D eigenvalue weighted by atomic mass is 32.2. The van der Waals surface area contributed by atoms with E-state index in [1.54, 1.807) is 0 Å². The van der Waals surface area contributed by atoms with E-state index in [2.05, 4.69) is 14.7 Å². The van der Waals surface area contributed by atoms with E-state index in [4.69, 9.17) is 4.74 Å². The molecule has 1 saturated heterocycles. The lowest BCUT2D eigenvalue weighted by molar-refractivity contribution is -0.385. The number of aromatic hydroxyl groups is 1. The maximum Gasteiger partial charge on any atom is 0.302 e. The van der Waals surface area contributed by atoms with Crippen LogP contribution in [-0.2, 0) is 22.5 Å². The number of nitrogens with one attached hydrogen (secondary N) is 1. The number of hydrogen-bond donors (Lipinski definition) is 2. The Labute approximate surface area is 227 Å². The molecule has 16 heteroatoms. The first kappa shape index (κ1) is 28.4. The summed E-state index contributed by atoms with van der Waals surface area (Å²) in [6, 6.07) is 8.90. The Bertz CT molecular complexity index is 1470. The Kier molecular flexibility index (Phi) is 8.79. The normalized spacial score (nSPS) is 14.7. The third-order valence-electron chi connectivity index (χ3n) is 5.84. The maximum absolute atomic E-state index is 14.0. The molecule has 0 bridgehead atoms. The molecule has 0 aliphatic carbocycles. The van der Waals surface area contributed by atoms with Crippen molar-refractivity contribution in [1.82, 2.24) is 19.2 Å². The lowest BCUT2D eigenvalue weighted by Crippen LogP contribution is -2.49. The van der Waals surface area contributed by atoms with Gasteiger partial charge in [-0.1, -0.05) is 23.9 Å². The maximum atomic E-state index is 14.0. The summed E-state index contributed by atoms with van der Waals surface area (Å²) in [6.45, 7) is 0.957. The molecular formula is C23H24F2N6O6S2. The summed E-state index contributed by atoms with van der Waals surface area (Å²) >= 11 is 0.977. The molecule has 1 aromatic heterocycles. The fraction of sp³-hybridized carbons (Fsp3) is 0.304. The van der Waals surface area contributed by atoms with E-state index in [-0.39, 0.29) is 59.2 Å². The Balaban J connectivity index is 1.40. The molecule has 0 saturated carbocycles. The molecular weight excluding hydrogens is 558 g/mol. The molecule has 1 fully saturated rings. The second-order valence-electron chi connectivity index (χ2n) is 8.43. The number of piperazine rings is 1. The lowest BCUT2D eigenvalue weighted by Gasteiger charge is -2.33. The van der Waals surface area contributed by atoms with E-state index < -0.39 is 26.8 Å². The van der Waals surface area contributed by atoms with Gasteiger partial charge in [-0.15, -0.1) is 0 Å². The van der Waals surface area contributed by atoms with Gasteiger partial charge in [0, 0.05) is 61.7 Å². The van der Waals surface area contributed by atoms with Gasteiger partial charge in [0.2, 0.25) is 5.88 Å². The summed E-state index contributed by atoms with van der Waals surface area (Å²) < 4.78 is 62.3. The van der Waals surface area contributed by atoms with E-state index in [0.717, 1.165) is 17.8 Å². The van der Waals surface area contributed by atoms with Crippen molar-refractivity contribution in [2.75, 3.05) is 38.0 Å². The van der Waals surface area contributed by atoms with Crippen molar-refractivity contribution in [3.05, 3.63) is 75.3 Å². The van der Waals surface area contributed by atoms with E-state index in [1.807, 2.05) is 4.90 Å². The SMILES string of the molecule is COc1cc(NS(=O)(=O)N2CCN(Cc3cc(O)ccc3[N+](=O)[O-])CC2)nc(SCc2cccc(F)c2F)n1. The molecule has 2 aromatic carbocycles. The van der Waals surface area contributed by atoms with E-state index >= 15 is 0 Å². The predicted molar refractivity (Wildman–Crippen MR) is 139 cm³/mol. The molecule has 0 spiro atoms. The Morgan fingerprint density at radius 3 is 2.56 bits per heavy atom. The first-order chi connectivity index (χ1) is 18.6. The number of nitro groups is 1. The molecule has 1 aliphatic heterocycles. The van der Waals surface area contributed by atoms with Crippen LogP contribution < -0.4 is 9.46 Å². The molecule has 0 radical (unpaired) electrons. The Morgan fingerprint density at radius 2 is 1.87 bits per heavy atom. The van der Waals surface area contributed by atoms with Gasteiger partial charge in [-0.2, -0.15) is 17.7 Å². The van der Waals surface area contributed by atoms with Gasteiger partial charge in [0.1, 0.15) is 11.6 Å². The number of nitrogens with zero attached hydrogens (tertiary/aromatic N) is 5. The topological polar surface area (TPSA) is 151 Å². The summed E-state index contributed by atoms with van der Waals surface area (Å²) in [6.07, 6.45) is 0. The monoisotopic (exact) mass is 582 g/mol. The third-order valence-corrected chi connectivity index (χ3v) is 8.25. The first-order valence-electron chi connectivity index (χ1n) is 11.5. The second kappa shape index (κ2) is 12.1. The average molecular weight is 583 g/mol. The number of halogens is 2. The minimum absolute atomic E-state index is 0.00224. The van der Waals surface area contributed by atoms with Crippen LogP contribution in [0.1, 0.15) is 11.1 Å². The van der Waals surface area contributed by atoms with Crippen LogP contribution in [0.4, 0.5) is 20.3 Å².